The van der Waals surface area contributed by atoms with Crippen LogP contribution in [-0.4, -0.2) is 62.2 Å². The molecule has 5 rings (SSSR count). The summed E-state index contributed by atoms with van der Waals surface area (Å²) >= 11 is -1.67. The number of carboxylic acid groups (broad SMARTS) is 1. The van der Waals surface area contributed by atoms with Crippen LogP contribution in [0.3, 0.4) is 0 Å². The Bertz CT molecular complexity index is 1270. The van der Waals surface area contributed by atoms with Crippen LogP contribution < -0.4 is 9.47 Å². The highest BCUT2D eigenvalue weighted by Crippen LogP contribution is 2.31. The Hall–Kier alpha value is -3.54. The first kappa shape index (κ1) is 26.1. The van der Waals surface area contributed by atoms with Gasteiger partial charge in [0.1, 0.15) is 18.2 Å². The van der Waals surface area contributed by atoms with Crippen molar-refractivity contribution >= 4 is 17.5 Å². The Morgan fingerprint density at radius 2 is 1.79 bits per heavy atom. The zero-order chi connectivity index (χ0) is 26.5. The maximum atomic E-state index is 11.8. The van der Waals surface area contributed by atoms with Crippen LogP contribution in [0.15, 0.2) is 60.9 Å². The Balaban J connectivity index is 1.24. The molecule has 0 unspecified atom stereocenters. The average molecular weight is 540 g/mol. The summed E-state index contributed by atoms with van der Waals surface area (Å²) in [5, 5.41) is 9.71. The number of piperidine rings is 1. The molecule has 200 valence electrons. The van der Waals surface area contributed by atoms with Gasteiger partial charge in [0.2, 0.25) is 11.8 Å². The molecule has 2 atom stereocenters. The molecule has 1 N–H and O–H groups in total. The van der Waals surface area contributed by atoms with Gasteiger partial charge in [-0.05, 0) is 36.6 Å². The second kappa shape index (κ2) is 11.9. The van der Waals surface area contributed by atoms with E-state index in [1.165, 1.54) is 11.2 Å². The molecule has 10 nitrogen and oxygen atoms in total. The van der Waals surface area contributed by atoms with Gasteiger partial charge < -0.3 is 19.5 Å². The first-order valence-corrected chi connectivity index (χ1v) is 13.4. The fourth-order valence-electron chi connectivity index (χ4n) is 4.72. The number of benzene rings is 2. The number of amides is 1. The quantitative estimate of drug-likeness (QED) is 0.465. The molecule has 2 aliphatic heterocycles. The highest BCUT2D eigenvalue weighted by molar-refractivity contribution is 7.75. The van der Waals surface area contributed by atoms with E-state index in [1.54, 1.807) is 0 Å². The topological polar surface area (TPSA) is 120 Å². The molecule has 2 fully saturated rings. The van der Waals surface area contributed by atoms with Crippen molar-refractivity contribution in [2.75, 3.05) is 19.8 Å². The van der Waals surface area contributed by atoms with Crippen molar-refractivity contribution in [3.63, 3.8) is 0 Å². The largest absolute Gasteiger partial charge is 0.474 e. The number of rotatable bonds is 7. The normalized spacial score (nSPS) is 23.6. The fraction of sp³-hybridized carbons (Fsp3) is 0.370. The fourth-order valence-corrected chi connectivity index (χ4v) is 5.34. The van der Waals surface area contributed by atoms with Gasteiger partial charge in [-0.25, -0.2) is 14.8 Å². The molecule has 1 aromatic heterocycles. The van der Waals surface area contributed by atoms with E-state index in [0.717, 1.165) is 11.1 Å². The lowest BCUT2D eigenvalue weighted by atomic mass is 9.94. The molecule has 1 amide bonds. The zero-order valence-electron chi connectivity index (χ0n) is 20.9. The number of hydrogen-bond donors (Lipinski definition) is 1. The van der Waals surface area contributed by atoms with Crippen LogP contribution in [0, 0.1) is 6.92 Å². The standard InChI is InChI=1S/C27H29N3O7S/c1-18-25(36-23-9-7-20(8-10-23)21-15-34-38(33)35-16-21)28-17-29-26(18)37-24-11-12-30(27(31)32)22(14-24)13-19-5-3-2-4-6-19/h2-10,17,21-22,24H,11-16H2,1H3,(H,31,32)/t21?,22-,24-,38?/m1/s1. The van der Waals surface area contributed by atoms with Crippen molar-refractivity contribution in [2.24, 2.45) is 0 Å². The van der Waals surface area contributed by atoms with E-state index >= 15 is 0 Å². The van der Waals surface area contributed by atoms with Gasteiger partial charge in [-0.3, -0.25) is 8.37 Å². The molecule has 0 radical (unpaired) electrons. The summed E-state index contributed by atoms with van der Waals surface area (Å²) < 4.78 is 33.6. The molecule has 0 saturated carbocycles. The van der Waals surface area contributed by atoms with E-state index in [9.17, 15) is 14.1 Å². The van der Waals surface area contributed by atoms with E-state index in [4.69, 9.17) is 17.8 Å². The van der Waals surface area contributed by atoms with Crippen molar-refractivity contribution in [1.82, 2.24) is 14.9 Å². The predicted molar refractivity (Wildman–Crippen MR) is 138 cm³/mol. The molecule has 0 aliphatic carbocycles. The van der Waals surface area contributed by atoms with Crippen molar-refractivity contribution < 1.29 is 31.9 Å². The van der Waals surface area contributed by atoms with Crippen LogP contribution in [0.1, 0.15) is 35.4 Å². The smallest absolute Gasteiger partial charge is 0.407 e. The van der Waals surface area contributed by atoms with E-state index in [-0.39, 0.29) is 18.1 Å². The monoisotopic (exact) mass is 539 g/mol. The summed E-state index contributed by atoms with van der Waals surface area (Å²) in [6.45, 7) is 2.89. The summed E-state index contributed by atoms with van der Waals surface area (Å²) in [5.74, 6) is 1.40. The molecule has 2 saturated heterocycles. The van der Waals surface area contributed by atoms with Crippen LogP contribution in [0.25, 0.3) is 0 Å². The number of likely N-dealkylation sites (tertiary alicyclic amines) is 1. The third-order valence-corrected chi connectivity index (χ3v) is 7.45. The van der Waals surface area contributed by atoms with Gasteiger partial charge in [-0.1, -0.05) is 42.5 Å². The van der Waals surface area contributed by atoms with Crippen molar-refractivity contribution in [3.05, 3.63) is 77.6 Å². The van der Waals surface area contributed by atoms with Crippen LogP contribution >= 0.6 is 0 Å². The van der Waals surface area contributed by atoms with Gasteiger partial charge in [-0.2, -0.15) is 4.21 Å². The minimum Gasteiger partial charge on any atom is -0.474 e. The highest BCUT2D eigenvalue weighted by atomic mass is 32.2. The van der Waals surface area contributed by atoms with Gasteiger partial charge >= 0.3 is 17.5 Å². The van der Waals surface area contributed by atoms with Crippen molar-refractivity contribution in [1.29, 1.82) is 0 Å². The molecule has 3 heterocycles. The number of nitrogens with zero attached hydrogens (tertiary/aromatic N) is 3. The lowest BCUT2D eigenvalue weighted by Crippen LogP contribution is -2.49. The van der Waals surface area contributed by atoms with Crippen molar-refractivity contribution in [2.45, 2.75) is 44.2 Å². The van der Waals surface area contributed by atoms with Gasteiger partial charge in [0.15, 0.2) is 0 Å². The lowest BCUT2D eigenvalue weighted by Gasteiger charge is -2.37. The van der Waals surface area contributed by atoms with Crippen LogP contribution in [0.5, 0.6) is 17.5 Å². The van der Waals surface area contributed by atoms with E-state index < -0.39 is 17.5 Å². The van der Waals surface area contributed by atoms with Gasteiger partial charge in [0.25, 0.3) is 0 Å². The lowest BCUT2D eigenvalue weighted by molar-refractivity contribution is 0.0520. The maximum absolute atomic E-state index is 11.8. The Labute approximate surface area is 223 Å². The second-order valence-electron chi connectivity index (χ2n) is 9.33. The zero-order valence-corrected chi connectivity index (χ0v) is 21.7. The Morgan fingerprint density at radius 3 is 2.50 bits per heavy atom. The molecule has 38 heavy (non-hydrogen) atoms. The first-order valence-electron chi connectivity index (χ1n) is 12.4. The minimum absolute atomic E-state index is 0.000741. The average Bonchev–Trinajstić information content (AvgIpc) is 2.92. The maximum Gasteiger partial charge on any atom is 0.407 e. The van der Waals surface area contributed by atoms with E-state index in [2.05, 4.69) is 9.97 Å². The molecular formula is C27H29N3O7S. The summed E-state index contributed by atoms with van der Waals surface area (Å²) in [7, 11) is 0. The highest BCUT2D eigenvalue weighted by Gasteiger charge is 2.33. The second-order valence-corrected chi connectivity index (χ2v) is 10.2. The molecule has 0 bridgehead atoms. The Kier molecular flexibility index (Phi) is 8.16. The summed E-state index contributed by atoms with van der Waals surface area (Å²) in [6.07, 6.45) is 2.05. The van der Waals surface area contributed by atoms with Gasteiger partial charge in [0, 0.05) is 31.3 Å². The molecule has 3 aromatic rings. The third kappa shape index (κ3) is 6.29. The molecule has 11 heteroatoms. The Morgan fingerprint density at radius 1 is 1.08 bits per heavy atom. The number of ether oxygens (including phenoxy) is 2. The summed E-state index contributed by atoms with van der Waals surface area (Å²) in [4.78, 5) is 21.9. The number of aromatic nitrogens is 2. The van der Waals surface area contributed by atoms with Crippen LogP contribution in [0.4, 0.5) is 4.79 Å². The first-order chi connectivity index (χ1) is 18.5. The molecule has 2 aromatic carbocycles. The van der Waals surface area contributed by atoms with E-state index in [1.807, 2.05) is 61.5 Å². The molecule has 0 spiro atoms. The SMILES string of the molecule is Cc1c(Oc2ccc(C3COS(=O)OC3)cc2)ncnc1O[C@@H]1CCN(C(=O)O)[C@H](Cc2ccccc2)C1. The number of hydrogen-bond acceptors (Lipinski definition) is 8. The predicted octanol–water partition coefficient (Wildman–Crippen LogP) is 4.42. The minimum atomic E-state index is -1.67. The van der Waals surface area contributed by atoms with Gasteiger partial charge in [0.05, 0.1) is 18.8 Å². The van der Waals surface area contributed by atoms with Crippen LogP contribution in [0.2, 0.25) is 0 Å². The van der Waals surface area contributed by atoms with E-state index in [0.29, 0.717) is 62.1 Å². The van der Waals surface area contributed by atoms with Crippen LogP contribution in [-0.2, 0) is 26.1 Å². The molecule has 2 aliphatic rings. The van der Waals surface area contributed by atoms with Crippen molar-refractivity contribution in [3.8, 4) is 17.5 Å². The van der Waals surface area contributed by atoms with Gasteiger partial charge in [-0.15, -0.1) is 0 Å². The molecular weight excluding hydrogens is 510 g/mol. The summed E-state index contributed by atoms with van der Waals surface area (Å²) in [6, 6.07) is 17.2. The third-order valence-electron chi connectivity index (χ3n) is 6.79. The summed E-state index contributed by atoms with van der Waals surface area (Å²) in [5.41, 5.74) is 2.74. The number of carbonyl (C=O) groups is 1.